The summed E-state index contributed by atoms with van der Waals surface area (Å²) in [6.45, 7) is 7.68. The number of fused-ring (bicyclic) bond motifs is 3. The summed E-state index contributed by atoms with van der Waals surface area (Å²) in [6, 6.07) is 12.3. The molecule has 26 heavy (non-hydrogen) atoms. The standard InChI is InChI=1S/C22H25NO3/c1-5-26-21(25)22(23-16(4)24)12-17-10-6-8-14(2)19(17)20-15(3)9-7-11-18(20)13-22/h6-11H,5,12-13H2,1-4H3,(H,23,24). The number of carbonyl (C=O) groups excluding carboxylic acids is 2. The molecule has 136 valence electrons. The summed E-state index contributed by atoms with van der Waals surface area (Å²) in [7, 11) is 0. The van der Waals surface area contributed by atoms with E-state index < -0.39 is 5.54 Å². The Balaban J connectivity index is 2.29. The zero-order valence-corrected chi connectivity index (χ0v) is 15.8. The van der Waals surface area contributed by atoms with Crippen LogP contribution in [0.15, 0.2) is 36.4 Å². The average molecular weight is 351 g/mol. The molecule has 0 unspecified atom stereocenters. The number of carbonyl (C=O) groups is 2. The Labute approximate surface area is 154 Å². The highest BCUT2D eigenvalue weighted by Crippen LogP contribution is 2.40. The van der Waals surface area contributed by atoms with Gasteiger partial charge in [-0.25, -0.2) is 4.79 Å². The van der Waals surface area contributed by atoms with E-state index in [0.29, 0.717) is 12.8 Å². The van der Waals surface area contributed by atoms with Crippen LogP contribution in [0.2, 0.25) is 0 Å². The molecule has 0 bridgehead atoms. The maximum Gasteiger partial charge on any atom is 0.332 e. The monoisotopic (exact) mass is 351 g/mol. The topological polar surface area (TPSA) is 55.4 Å². The van der Waals surface area contributed by atoms with Gasteiger partial charge in [0, 0.05) is 19.8 Å². The van der Waals surface area contributed by atoms with Gasteiger partial charge in [0.1, 0.15) is 5.54 Å². The van der Waals surface area contributed by atoms with Gasteiger partial charge in [0.05, 0.1) is 6.61 Å². The fourth-order valence-corrected chi connectivity index (χ4v) is 4.07. The van der Waals surface area contributed by atoms with Crippen LogP contribution in [-0.2, 0) is 27.2 Å². The SMILES string of the molecule is CCOC(=O)C1(NC(C)=O)Cc2cccc(C)c2-c2c(C)cccc2C1. The number of amides is 1. The van der Waals surface area contributed by atoms with Gasteiger partial charge in [0.2, 0.25) is 5.91 Å². The lowest BCUT2D eigenvalue weighted by Gasteiger charge is -2.31. The maximum atomic E-state index is 13.0. The Kier molecular flexibility index (Phi) is 4.86. The van der Waals surface area contributed by atoms with Gasteiger partial charge >= 0.3 is 5.97 Å². The number of aryl methyl sites for hydroxylation is 2. The van der Waals surface area contributed by atoms with E-state index >= 15 is 0 Å². The summed E-state index contributed by atoms with van der Waals surface area (Å²) in [5, 5.41) is 2.93. The van der Waals surface area contributed by atoms with Gasteiger partial charge in [-0.05, 0) is 54.2 Å². The molecule has 0 heterocycles. The van der Waals surface area contributed by atoms with Crippen molar-refractivity contribution in [1.29, 1.82) is 0 Å². The van der Waals surface area contributed by atoms with Crippen LogP contribution in [0.5, 0.6) is 0 Å². The normalized spacial score (nSPS) is 14.6. The van der Waals surface area contributed by atoms with Crippen LogP contribution in [-0.4, -0.2) is 24.0 Å². The summed E-state index contributed by atoms with van der Waals surface area (Å²) in [5.74, 6) is -0.611. The lowest BCUT2D eigenvalue weighted by molar-refractivity contribution is -0.153. The van der Waals surface area contributed by atoms with Gasteiger partial charge in [0.15, 0.2) is 0 Å². The molecule has 0 aliphatic heterocycles. The molecular formula is C22H25NO3. The van der Waals surface area contributed by atoms with Crippen molar-refractivity contribution in [3.8, 4) is 11.1 Å². The van der Waals surface area contributed by atoms with Crippen LogP contribution in [0.4, 0.5) is 0 Å². The van der Waals surface area contributed by atoms with E-state index in [4.69, 9.17) is 4.74 Å². The molecule has 0 saturated heterocycles. The van der Waals surface area contributed by atoms with Crippen LogP contribution in [0.1, 0.15) is 36.1 Å². The van der Waals surface area contributed by atoms with Crippen molar-refractivity contribution < 1.29 is 14.3 Å². The lowest BCUT2D eigenvalue weighted by Crippen LogP contribution is -2.57. The Morgan fingerprint density at radius 2 is 1.50 bits per heavy atom. The van der Waals surface area contributed by atoms with E-state index in [2.05, 4.69) is 31.3 Å². The van der Waals surface area contributed by atoms with Crippen LogP contribution >= 0.6 is 0 Å². The first-order valence-corrected chi connectivity index (χ1v) is 9.01. The highest BCUT2D eigenvalue weighted by molar-refractivity contribution is 5.90. The minimum absolute atomic E-state index is 0.233. The van der Waals surface area contributed by atoms with Gasteiger partial charge in [0.25, 0.3) is 0 Å². The van der Waals surface area contributed by atoms with Gasteiger partial charge in [-0.2, -0.15) is 0 Å². The molecule has 0 fully saturated rings. The van der Waals surface area contributed by atoms with Gasteiger partial charge in [-0.15, -0.1) is 0 Å². The molecule has 1 N–H and O–H groups in total. The molecule has 0 spiro atoms. The fraction of sp³-hybridized carbons (Fsp3) is 0.364. The van der Waals surface area contributed by atoms with Crippen molar-refractivity contribution in [1.82, 2.24) is 5.32 Å². The summed E-state index contributed by atoms with van der Waals surface area (Å²) in [4.78, 5) is 24.9. The molecule has 4 heteroatoms. The number of hydrogen-bond acceptors (Lipinski definition) is 3. The number of rotatable bonds is 3. The van der Waals surface area contributed by atoms with Crippen LogP contribution < -0.4 is 5.32 Å². The number of hydrogen-bond donors (Lipinski definition) is 1. The van der Waals surface area contributed by atoms with Gasteiger partial charge < -0.3 is 10.1 Å². The van der Waals surface area contributed by atoms with Crippen molar-refractivity contribution in [2.45, 2.75) is 46.1 Å². The minimum Gasteiger partial charge on any atom is -0.464 e. The highest BCUT2D eigenvalue weighted by atomic mass is 16.5. The van der Waals surface area contributed by atoms with E-state index in [1.54, 1.807) is 6.92 Å². The third-order valence-corrected chi connectivity index (χ3v) is 5.03. The van der Waals surface area contributed by atoms with Crippen molar-refractivity contribution in [2.24, 2.45) is 0 Å². The number of esters is 1. The average Bonchev–Trinajstić information content (AvgIpc) is 2.70. The molecule has 2 aromatic carbocycles. The Morgan fingerprint density at radius 3 is 1.92 bits per heavy atom. The third-order valence-electron chi connectivity index (χ3n) is 5.03. The second kappa shape index (κ2) is 6.94. The van der Waals surface area contributed by atoms with E-state index in [-0.39, 0.29) is 18.5 Å². The van der Waals surface area contributed by atoms with E-state index in [9.17, 15) is 9.59 Å². The van der Waals surface area contributed by atoms with Crippen molar-refractivity contribution in [2.75, 3.05) is 6.61 Å². The second-order valence-electron chi connectivity index (χ2n) is 7.06. The molecular weight excluding hydrogens is 326 g/mol. The first-order chi connectivity index (χ1) is 12.4. The molecule has 2 aromatic rings. The lowest BCUT2D eigenvalue weighted by atomic mass is 9.86. The maximum absolute atomic E-state index is 13.0. The predicted molar refractivity (Wildman–Crippen MR) is 102 cm³/mol. The van der Waals surface area contributed by atoms with Gasteiger partial charge in [-0.3, -0.25) is 4.79 Å². The summed E-state index contributed by atoms with van der Waals surface area (Å²) < 4.78 is 5.38. The molecule has 0 saturated carbocycles. The fourth-order valence-electron chi connectivity index (χ4n) is 4.07. The Hall–Kier alpha value is -2.62. The summed E-state index contributed by atoms with van der Waals surface area (Å²) in [6.07, 6.45) is 0.826. The number of ether oxygens (including phenoxy) is 1. The second-order valence-corrected chi connectivity index (χ2v) is 7.06. The van der Waals surface area contributed by atoms with E-state index in [1.165, 1.54) is 18.1 Å². The van der Waals surface area contributed by atoms with Crippen LogP contribution in [0.25, 0.3) is 11.1 Å². The first-order valence-electron chi connectivity index (χ1n) is 9.01. The van der Waals surface area contributed by atoms with Crippen LogP contribution in [0, 0.1) is 13.8 Å². The Bertz CT molecular complexity index is 816. The molecule has 0 aromatic heterocycles. The molecule has 0 radical (unpaired) electrons. The molecule has 4 nitrogen and oxygen atoms in total. The number of benzene rings is 2. The zero-order valence-electron chi connectivity index (χ0n) is 15.8. The molecule has 1 aliphatic carbocycles. The van der Waals surface area contributed by atoms with Crippen molar-refractivity contribution in [3.05, 3.63) is 58.7 Å². The minimum atomic E-state index is -1.09. The third kappa shape index (κ3) is 3.12. The summed E-state index contributed by atoms with van der Waals surface area (Å²) in [5.41, 5.74) is 5.68. The number of nitrogens with one attached hydrogen (secondary N) is 1. The van der Waals surface area contributed by atoms with Crippen molar-refractivity contribution in [3.63, 3.8) is 0 Å². The first kappa shape index (κ1) is 18.2. The van der Waals surface area contributed by atoms with Crippen molar-refractivity contribution >= 4 is 11.9 Å². The predicted octanol–water partition coefficient (Wildman–Crippen LogP) is 3.51. The largest absolute Gasteiger partial charge is 0.464 e. The van der Waals surface area contributed by atoms with E-state index in [0.717, 1.165) is 22.3 Å². The Morgan fingerprint density at radius 1 is 1.00 bits per heavy atom. The smallest absolute Gasteiger partial charge is 0.332 e. The quantitative estimate of drug-likeness (QED) is 0.861. The zero-order chi connectivity index (χ0) is 18.9. The molecule has 0 atom stereocenters. The van der Waals surface area contributed by atoms with Crippen LogP contribution in [0.3, 0.4) is 0 Å². The van der Waals surface area contributed by atoms with Gasteiger partial charge in [-0.1, -0.05) is 36.4 Å². The molecule has 3 rings (SSSR count). The molecule has 1 aliphatic rings. The summed E-state index contributed by atoms with van der Waals surface area (Å²) >= 11 is 0. The van der Waals surface area contributed by atoms with E-state index in [1.807, 2.05) is 24.3 Å². The molecule has 1 amide bonds. The highest BCUT2D eigenvalue weighted by Gasteiger charge is 2.44.